The summed E-state index contributed by atoms with van der Waals surface area (Å²) in [6.07, 6.45) is 6.89. The van der Waals surface area contributed by atoms with E-state index in [9.17, 15) is 5.11 Å². The number of aliphatic hydroxyl groups excluding tert-OH is 1. The SMILES string of the molecule is C=C(O)C1=C(C=NCc2cnc(OCC(C)(C)P)c(C)c2)C(N)C=CN1. The number of aryl methyl sites for hydroxylation is 1. The standard InChI is InChI=1S/C19H27N4O2P/c1-12-7-14(9-23-18(12)25-11-19(3,4)26)8-21-10-15-16(20)5-6-22-17(15)13(2)24/h5-7,9-10,16,22,24H,2,8,11,20,26H2,1,3-4H3. The van der Waals surface area contributed by atoms with E-state index in [0.29, 0.717) is 30.3 Å². The van der Waals surface area contributed by atoms with E-state index in [4.69, 9.17) is 10.5 Å². The molecular formula is C19H27N4O2P. The smallest absolute Gasteiger partial charge is 0.216 e. The van der Waals surface area contributed by atoms with Crippen LogP contribution in [0.15, 0.2) is 53.1 Å². The van der Waals surface area contributed by atoms with Crippen molar-refractivity contribution >= 4 is 15.5 Å². The lowest BCUT2D eigenvalue weighted by atomic mass is 10.0. The Kier molecular flexibility index (Phi) is 6.57. The molecular weight excluding hydrogens is 347 g/mol. The van der Waals surface area contributed by atoms with Crippen LogP contribution in [0.3, 0.4) is 0 Å². The fourth-order valence-corrected chi connectivity index (χ4v) is 2.43. The van der Waals surface area contributed by atoms with Gasteiger partial charge in [0.15, 0.2) is 0 Å². The summed E-state index contributed by atoms with van der Waals surface area (Å²) in [6.45, 7) is 10.7. The van der Waals surface area contributed by atoms with Crippen molar-refractivity contribution in [2.24, 2.45) is 10.7 Å². The number of pyridine rings is 1. The van der Waals surface area contributed by atoms with Gasteiger partial charge in [0.25, 0.3) is 0 Å². The fraction of sp³-hybridized carbons (Fsp3) is 0.368. The number of hydrogen-bond acceptors (Lipinski definition) is 6. The largest absolute Gasteiger partial charge is 0.506 e. The second-order valence-corrected chi connectivity index (χ2v) is 8.58. The van der Waals surface area contributed by atoms with E-state index >= 15 is 0 Å². The lowest BCUT2D eigenvalue weighted by Crippen LogP contribution is -2.30. The first-order valence-electron chi connectivity index (χ1n) is 8.35. The summed E-state index contributed by atoms with van der Waals surface area (Å²) >= 11 is 0. The van der Waals surface area contributed by atoms with Gasteiger partial charge in [-0.25, -0.2) is 4.98 Å². The molecule has 0 radical (unpaired) electrons. The van der Waals surface area contributed by atoms with Crippen LogP contribution in [-0.2, 0) is 6.54 Å². The number of nitrogens with two attached hydrogens (primary N) is 1. The Morgan fingerprint density at radius 3 is 2.92 bits per heavy atom. The van der Waals surface area contributed by atoms with E-state index in [1.54, 1.807) is 24.7 Å². The molecule has 2 heterocycles. The number of aromatic nitrogens is 1. The summed E-state index contributed by atoms with van der Waals surface area (Å²) < 4.78 is 5.76. The number of dihydropyridines is 1. The molecule has 1 aliphatic heterocycles. The summed E-state index contributed by atoms with van der Waals surface area (Å²) in [4.78, 5) is 8.82. The number of nitrogens with zero attached hydrogens (tertiary/aromatic N) is 2. The number of hydrogen-bond donors (Lipinski definition) is 3. The Morgan fingerprint density at radius 2 is 2.31 bits per heavy atom. The van der Waals surface area contributed by atoms with Crippen LogP contribution in [0, 0.1) is 6.92 Å². The maximum atomic E-state index is 9.66. The molecule has 2 atom stereocenters. The predicted octanol–water partition coefficient (Wildman–Crippen LogP) is 2.76. The molecule has 2 rings (SSSR count). The average molecular weight is 374 g/mol. The summed E-state index contributed by atoms with van der Waals surface area (Å²) in [5, 5.41) is 12.6. The Balaban J connectivity index is 2.06. The van der Waals surface area contributed by atoms with Crippen molar-refractivity contribution in [3.05, 3.63) is 59.3 Å². The molecule has 1 aromatic rings. The second-order valence-electron chi connectivity index (χ2n) is 7.02. The zero-order chi connectivity index (χ0) is 19.3. The minimum atomic E-state index is -0.343. The first kappa shape index (κ1) is 20.1. The van der Waals surface area contributed by atoms with Crippen molar-refractivity contribution in [1.82, 2.24) is 10.3 Å². The molecule has 0 amide bonds. The van der Waals surface area contributed by atoms with Gasteiger partial charge in [0.1, 0.15) is 5.76 Å². The van der Waals surface area contributed by atoms with E-state index in [1.165, 1.54) is 0 Å². The molecule has 4 N–H and O–H groups in total. The van der Waals surface area contributed by atoms with Gasteiger partial charge in [-0.05, 0) is 30.8 Å². The Labute approximate surface area is 157 Å². The zero-order valence-corrected chi connectivity index (χ0v) is 16.6. The summed E-state index contributed by atoms with van der Waals surface area (Å²) in [5.74, 6) is 0.570. The molecule has 0 fully saturated rings. The van der Waals surface area contributed by atoms with Gasteiger partial charge in [0.05, 0.1) is 24.9 Å². The third-order valence-corrected chi connectivity index (χ3v) is 3.81. The Hall–Kier alpha value is -2.17. The highest BCUT2D eigenvalue weighted by Crippen LogP contribution is 2.21. The van der Waals surface area contributed by atoms with Crippen LogP contribution in [0.1, 0.15) is 25.0 Å². The summed E-state index contributed by atoms with van der Waals surface area (Å²) in [6, 6.07) is 1.67. The number of aliphatic hydroxyl groups is 1. The highest BCUT2D eigenvalue weighted by atomic mass is 31.0. The summed E-state index contributed by atoms with van der Waals surface area (Å²) in [5.41, 5.74) is 9.15. The monoisotopic (exact) mass is 374 g/mol. The molecule has 1 aromatic heterocycles. The number of rotatable bonds is 7. The molecule has 140 valence electrons. The van der Waals surface area contributed by atoms with Gasteiger partial charge in [-0.1, -0.05) is 20.4 Å². The minimum absolute atomic E-state index is 0.000466. The first-order chi connectivity index (χ1) is 12.2. The maximum Gasteiger partial charge on any atom is 0.216 e. The van der Waals surface area contributed by atoms with Crippen LogP contribution in [0.25, 0.3) is 0 Å². The van der Waals surface area contributed by atoms with Gasteiger partial charge in [0.2, 0.25) is 5.88 Å². The number of nitrogens with one attached hydrogen (secondary N) is 1. The zero-order valence-electron chi connectivity index (χ0n) is 15.5. The topological polar surface area (TPSA) is 92.8 Å². The molecule has 0 bridgehead atoms. The third-order valence-electron chi connectivity index (χ3n) is 3.64. The Morgan fingerprint density at radius 1 is 1.58 bits per heavy atom. The predicted molar refractivity (Wildman–Crippen MR) is 109 cm³/mol. The number of ether oxygens (including phenoxy) is 1. The van der Waals surface area contributed by atoms with Crippen LogP contribution < -0.4 is 15.8 Å². The number of aliphatic imine (C=N–C) groups is 1. The normalized spacial score (nSPS) is 17.5. The summed E-state index contributed by atoms with van der Waals surface area (Å²) in [7, 11) is 2.75. The molecule has 2 unspecified atom stereocenters. The molecule has 7 heteroatoms. The van der Waals surface area contributed by atoms with Crippen molar-refractivity contribution in [2.75, 3.05) is 6.61 Å². The van der Waals surface area contributed by atoms with E-state index < -0.39 is 0 Å². The minimum Gasteiger partial charge on any atom is -0.506 e. The lowest BCUT2D eigenvalue weighted by Gasteiger charge is -2.19. The highest BCUT2D eigenvalue weighted by Gasteiger charge is 2.16. The molecule has 0 saturated heterocycles. The van der Waals surface area contributed by atoms with Crippen molar-refractivity contribution < 1.29 is 9.84 Å². The van der Waals surface area contributed by atoms with Gasteiger partial charge in [0, 0.05) is 28.7 Å². The van der Waals surface area contributed by atoms with Gasteiger partial charge in [-0.3, -0.25) is 4.99 Å². The molecule has 0 spiro atoms. The molecule has 6 nitrogen and oxygen atoms in total. The first-order valence-corrected chi connectivity index (χ1v) is 8.93. The average Bonchev–Trinajstić information content (AvgIpc) is 2.54. The van der Waals surface area contributed by atoms with E-state index in [0.717, 1.165) is 11.1 Å². The van der Waals surface area contributed by atoms with Gasteiger partial charge < -0.3 is 20.9 Å². The van der Waals surface area contributed by atoms with Crippen LogP contribution >= 0.6 is 9.24 Å². The van der Waals surface area contributed by atoms with Crippen molar-refractivity contribution in [3.8, 4) is 5.88 Å². The highest BCUT2D eigenvalue weighted by molar-refractivity contribution is 7.18. The fourth-order valence-electron chi connectivity index (χ4n) is 2.35. The van der Waals surface area contributed by atoms with E-state index in [2.05, 4.69) is 45.0 Å². The van der Waals surface area contributed by atoms with Crippen molar-refractivity contribution in [3.63, 3.8) is 0 Å². The van der Waals surface area contributed by atoms with Gasteiger partial charge in [-0.15, -0.1) is 9.24 Å². The van der Waals surface area contributed by atoms with Gasteiger partial charge >= 0.3 is 0 Å². The lowest BCUT2D eigenvalue weighted by molar-refractivity contribution is 0.275. The Bertz CT molecular complexity index is 763. The van der Waals surface area contributed by atoms with Crippen LogP contribution in [0.2, 0.25) is 0 Å². The molecule has 1 aliphatic rings. The van der Waals surface area contributed by atoms with Crippen LogP contribution in [0.5, 0.6) is 5.88 Å². The van der Waals surface area contributed by atoms with E-state index in [1.807, 2.05) is 13.0 Å². The van der Waals surface area contributed by atoms with Crippen LogP contribution in [0.4, 0.5) is 0 Å². The quantitative estimate of drug-likeness (QED) is 0.388. The molecule has 0 aliphatic carbocycles. The third kappa shape index (κ3) is 5.68. The second kappa shape index (κ2) is 8.47. The molecule has 0 saturated carbocycles. The molecule has 26 heavy (non-hydrogen) atoms. The maximum absolute atomic E-state index is 9.66. The van der Waals surface area contributed by atoms with Crippen LogP contribution in [-0.4, -0.2) is 34.1 Å². The molecule has 0 aromatic carbocycles. The van der Waals surface area contributed by atoms with Crippen molar-refractivity contribution in [2.45, 2.75) is 38.5 Å². The van der Waals surface area contributed by atoms with Crippen molar-refractivity contribution in [1.29, 1.82) is 0 Å². The van der Waals surface area contributed by atoms with E-state index in [-0.39, 0.29) is 17.0 Å². The van der Waals surface area contributed by atoms with Gasteiger partial charge in [-0.2, -0.15) is 0 Å².